The minimum absolute atomic E-state index is 0.611. The number of halogens is 1. The van der Waals surface area contributed by atoms with Crippen molar-refractivity contribution in [1.82, 2.24) is 9.88 Å². The summed E-state index contributed by atoms with van der Waals surface area (Å²) in [4.78, 5) is 9.38. The summed E-state index contributed by atoms with van der Waals surface area (Å²) < 4.78 is 0.913. The highest BCUT2D eigenvalue weighted by Crippen LogP contribution is 2.18. The van der Waals surface area contributed by atoms with Gasteiger partial charge in [0.25, 0.3) is 0 Å². The van der Waals surface area contributed by atoms with Gasteiger partial charge in [0, 0.05) is 25.7 Å². The fourth-order valence-electron chi connectivity index (χ4n) is 2.25. The summed E-state index contributed by atoms with van der Waals surface area (Å²) in [5, 5.41) is 0. The molecule has 16 heavy (non-hydrogen) atoms. The first-order valence-corrected chi connectivity index (χ1v) is 6.61. The van der Waals surface area contributed by atoms with Crippen LogP contribution in [-0.4, -0.2) is 42.1 Å². The second-order valence-corrected chi connectivity index (χ2v) is 5.05. The molecule has 88 valence electrons. The molecule has 0 aliphatic carbocycles. The third kappa shape index (κ3) is 2.55. The van der Waals surface area contributed by atoms with Gasteiger partial charge in [-0.3, -0.25) is 4.90 Å². The molecule has 0 saturated carbocycles. The second-order valence-electron chi connectivity index (χ2n) is 4.24. The lowest BCUT2D eigenvalue weighted by atomic mass is 10.2. The van der Waals surface area contributed by atoms with Crippen molar-refractivity contribution >= 4 is 21.7 Å². The van der Waals surface area contributed by atoms with Gasteiger partial charge in [0.05, 0.1) is 0 Å². The molecule has 1 fully saturated rings. The zero-order valence-corrected chi connectivity index (χ0v) is 11.4. The van der Waals surface area contributed by atoms with Gasteiger partial charge < -0.3 is 4.90 Å². The van der Waals surface area contributed by atoms with E-state index in [1.54, 1.807) is 0 Å². The van der Waals surface area contributed by atoms with E-state index in [4.69, 9.17) is 0 Å². The van der Waals surface area contributed by atoms with Gasteiger partial charge in [-0.15, -0.1) is 0 Å². The van der Waals surface area contributed by atoms with Gasteiger partial charge in [-0.1, -0.05) is 13.0 Å². The van der Waals surface area contributed by atoms with Crippen molar-refractivity contribution in [2.24, 2.45) is 0 Å². The van der Waals surface area contributed by atoms with E-state index >= 15 is 0 Å². The number of aromatic nitrogens is 1. The molecule has 1 atom stereocenters. The molecule has 1 aliphatic rings. The lowest BCUT2D eigenvalue weighted by Gasteiger charge is -2.39. The number of nitrogens with zero attached hydrogens (tertiary/aromatic N) is 3. The van der Waals surface area contributed by atoms with Crippen LogP contribution in [0.1, 0.15) is 13.8 Å². The van der Waals surface area contributed by atoms with Crippen LogP contribution in [0.2, 0.25) is 0 Å². The summed E-state index contributed by atoms with van der Waals surface area (Å²) in [6.45, 7) is 8.92. The van der Waals surface area contributed by atoms with Gasteiger partial charge >= 0.3 is 0 Å². The van der Waals surface area contributed by atoms with Crippen molar-refractivity contribution in [1.29, 1.82) is 0 Å². The third-order valence-corrected chi connectivity index (χ3v) is 3.64. The second kappa shape index (κ2) is 5.15. The zero-order valence-electron chi connectivity index (χ0n) is 9.86. The number of pyridine rings is 1. The highest BCUT2D eigenvalue weighted by molar-refractivity contribution is 9.10. The molecule has 0 spiro atoms. The maximum absolute atomic E-state index is 4.51. The summed E-state index contributed by atoms with van der Waals surface area (Å²) in [5.41, 5.74) is 0. The van der Waals surface area contributed by atoms with E-state index in [1.807, 2.05) is 12.1 Å². The molecule has 0 radical (unpaired) electrons. The SMILES string of the molecule is CCN1CCN(c2cccc(Br)n2)CC1C. The maximum Gasteiger partial charge on any atom is 0.129 e. The van der Waals surface area contributed by atoms with Crippen LogP contribution in [-0.2, 0) is 0 Å². The standard InChI is InChI=1S/C12H18BrN3/c1-3-15-7-8-16(9-10(15)2)12-6-4-5-11(13)14-12/h4-6,10H,3,7-9H2,1-2H3. The molecular weight excluding hydrogens is 266 g/mol. The number of hydrogen-bond donors (Lipinski definition) is 0. The van der Waals surface area contributed by atoms with Crippen molar-refractivity contribution in [3.8, 4) is 0 Å². The van der Waals surface area contributed by atoms with Crippen molar-refractivity contribution in [3.05, 3.63) is 22.8 Å². The monoisotopic (exact) mass is 283 g/mol. The minimum Gasteiger partial charge on any atom is -0.354 e. The summed E-state index contributed by atoms with van der Waals surface area (Å²) in [7, 11) is 0. The van der Waals surface area contributed by atoms with Crippen LogP contribution in [0.25, 0.3) is 0 Å². The molecule has 2 rings (SSSR count). The predicted molar refractivity (Wildman–Crippen MR) is 70.9 cm³/mol. The Morgan fingerprint density at radius 3 is 2.88 bits per heavy atom. The Balaban J connectivity index is 2.07. The van der Waals surface area contributed by atoms with Crippen LogP contribution in [0.5, 0.6) is 0 Å². The van der Waals surface area contributed by atoms with E-state index in [0.29, 0.717) is 6.04 Å². The smallest absolute Gasteiger partial charge is 0.129 e. The minimum atomic E-state index is 0.611. The van der Waals surface area contributed by atoms with Crippen LogP contribution in [0.15, 0.2) is 22.8 Å². The van der Waals surface area contributed by atoms with E-state index < -0.39 is 0 Å². The fraction of sp³-hybridized carbons (Fsp3) is 0.583. The van der Waals surface area contributed by atoms with E-state index in [2.05, 4.69) is 50.6 Å². The first kappa shape index (κ1) is 11.9. The Morgan fingerprint density at radius 1 is 1.44 bits per heavy atom. The topological polar surface area (TPSA) is 19.4 Å². The summed E-state index contributed by atoms with van der Waals surface area (Å²) in [6, 6.07) is 6.71. The molecular formula is C12H18BrN3. The van der Waals surface area contributed by atoms with Gasteiger partial charge in [0.1, 0.15) is 10.4 Å². The molecule has 0 aromatic carbocycles. The highest BCUT2D eigenvalue weighted by atomic mass is 79.9. The molecule has 1 aromatic rings. The van der Waals surface area contributed by atoms with Crippen LogP contribution < -0.4 is 4.90 Å². The molecule has 1 aromatic heterocycles. The summed E-state index contributed by atoms with van der Waals surface area (Å²) >= 11 is 3.42. The summed E-state index contributed by atoms with van der Waals surface area (Å²) in [5.74, 6) is 1.08. The average Bonchev–Trinajstić information content (AvgIpc) is 2.29. The van der Waals surface area contributed by atoms with E-state index in [9.17, 15) is 0 Å². The quantitative estimate of drug-likeness (QED) is 0.777. The van der Waals surface area contributed by atoms with Gasteiger partial charge in [0.15, 0.2) is 0 Å². The Kier molecular flexibility index (Phi) is 3.82. The Morgan fingerprint density at radius 2 is 2.25 bits per heavy atom. The largest absolute Gasteiger partial charge is 0.354 e. The Hall–Kier alpha value is -0.610. The normalized spacial score (nSPS) is 22.4. The first-order chi connectivity index (χ1) is 7.70. The van der Waals surface area contributed by atoms with Crippen molar-refractivity contribution in [2.75, 3.05) is 31.1 Å². The molecule has 0 bridgehead atoms. The number of rotatable bonds is 2. The van der Waals surface area contributed by atoms with Gasteiger partial charge in [-0.2, -0.15) is 0 Å². The number of likely N-dealkylation sites (N-methyl/N-ethyl adjacent to an activating group) is 1. The van der Waals surface area contributed by atoms with Crippen LogP contribution in [0.4, 0.5) is 5.82 Å². The molecule has 1 unspecified atom stereocenters. The zero-order chi connectivity index (χ0) is 11.5. The lowest BCUT2D eigenvalue weighted by Crippen LogP contribution is -2.51. The Bertz CT molecular complexity index is 356. The Labute approximate surface area is 106 Å². The van der Waals surface area contributed by atoms with E-state index in [-0.39, 0.29) is 0 Å². The number of piperazine rings is 1. The first-order valence-electron chi connectivity index (χ1n) is 5.82. The molecule has 2 heterocycles. The molecule has 0 N–H and O–H groups in total. The van der Waals surface area contributed by atoms with Crippen LogP contribution in [0, 0.1) is 0 Å². The molecule has 1 aliphatic heterocycles. The van der Waals surface area contributed by atoms with Crippen LogP contribution in [0.3, 0.4) is 0 Å². The van der Waals surface area contributed by atoms with Crippen LogP contribution >= 0.6 is 15.9 Å². The maximum atomic E-state index is 4.51. The third-order valence-electron chi connectivity index (χ3n) is 3.20. The number of hydrogen-bond acceptors (Lipinski definition) is 3. The van der Waals surface area contributed by atoms with E-state index in [1.165, 1.54) is 0 Å². The van der Waals surface area contributed by atoms with Gasteiger partial charge in [-0.05, 0) is 41.5 Å². The average molecular weight is 284 g/mol. The number of anilines is 1. The lowest BCUT2D eigenvalue weighted by molar-refractivity contribution is 0.199. The molecule has 3 nitrogen and oxygen atoms in total. The van der Waals surface area contributed by atoms with Gasteiger partial charge in [0.2, 0.25) is 0 Å². The van der Waals surface area contributed by atoms with Crippen molar-refractivity contribution < 1.29 is 0 Å². The molecule has 4 heteroatoms. The van der Waals surface area contributed by atoms with Crippen molar-refractivity contribution in [2.45, 2.75) is 19.9 Å². The highest BCUT2D eigenvalue weighted by Gasteiger charge is 2.22. The van der Waals surface area contributed by atoms with E-state index in [0.717, 1.165) is 36.6 Å². The molecule has 0 amide bonds. The molecule has 1 saturated heterocycles. The summed E-state index contributed by atoms with van der Waals surface area (Å²) in [6.07, 6.45) is 0. The van der Waals surface area contributed by atoms with Gasteiger partial charge in [-0.25, -0.2) is 4.98 Å². The fourth-order valence-corrected chi connectivity index (χ4v) is 2.58. The predicted octanol–water partition coefficient (Wildman–Crippen LogP) is 2.37. The van der Waals surface area contributed by atoms with Crippen molar-refractivity contribution in [3.63, 3.8) is 0 Å².